The summed E-state index contributed by atoms with van der Waals surface area (Å²) in [7, 11) is 0. The lowest BCUT2D eigenvalue weighted by Gasteiger charge is -2.13. The Labute approximate surface area is 188 Å². The quantitative estimate of drug-likeness (QED) is 0.471. The van der Waals surface area contributed by atoms with Gasteiger partial charge >= 0.3 is 5.69 Å². The van der Waals surface area contributed by atoms with E-state index in [2.05, 4.69) is 5.32 Å². The molecule has 0 saturated carbocycles. The third kappa shape index (κ3) is 4.85. The molecule has 0 atom stereocenters. The van der Waals surface area contributed by atoms with Gasteiger partial charge in [0.05, 0.1) is 10.9 Å². The fourth-order valence-corrected chi connectivity index (χ4v) is 3.52. The van der Waals surface area contributed by atoms with Crippen LogP contribution in [-0.4, -0.2) is 15.0 Å². The standard InChI is InChI=1S/C25H22FN3O4/c1-2-28-24(31)21-5-3-4-6-22(21)29(25(28)32)16-23(30)27-15-17-7-11-19(12-8-17)33-20-13-9-18(26)10-14-20/h3-14H,2,15-16H2,1H3,(H,27,30). The van der Waals surface area contributed by atoms with Crippen LogP contribution in [-0.2, 0) is 24.4 Å². The molecule has 0 radical (unpaired) electrons. The zero-order chi connectivity index (χ0) is 23.4. The maximum Gasteiger partial charge on any atom is 0.331 e. The number of carbonyl (C=O) groups is 1. The van der Waals surface area contributed by atoms with Crippen LogP contribution >= 0.6 is 0 Å². The van der Waals surface area contributed by atoms with E-state index in [4.69, 9.17) is 4.74 Å². The Morgan fingerprint density at radius 1 is 0.909 bits per heavy atom. The smallest absolute Gasteiger partial charge is 0.331 e. The molecule has 0 spiro atoms. The zero-order valence-corrected chi connectivity index (χ0v) is 18.0. The van der Waals surface area contributed by atoms with E-state index in [-0.39, 0.29) is 36.9 Å². The predicted octanol–water partition coefficient (Wildman–Crippen LogP) is 3.43. The Bertz CT molecular complexity index is 1410. The molecule has 1 N–H and O–H groups in total. The lowest BCUT2D eigenvalue weighted by atomic mass is 10.2. The second kappa shape index (κ2) is 9.52. The molecule has 8 heteroatoms. The highest BCUT2D eigenvalue weighted by atomic mass is 19.1. The molecule has 0 saturated heterocycles. The van der Waals surface area contributed by atoms with E-state index in [1.54, 1.807) is 55.5 Å². The first-order chi connectivity index (χ1) is 16.0. The summed E-state index contributed by atoms with van der Waals surface area (Å²) in [6.07, 6.45) is 0. The van der Waals surface area contributed by atoms with Gasteiger partial charge in [-0.15, -0.1) is 0 Å². The number of carbonyl (C=O) groups excluding carboxylic acids is 1. The summed E-state index contributed by atoms with van der Waals surface area (Å²) in [5.74, 6) is 0.410. The number of nitrogens with one attached hydrogen (secondary N) is 1. The molecule has 168 valence electrons. The van der Waals surface area contributed by atoms with Crippen molar-refractivity contribution in [2.24, 2.45) is 0 Å². The van der Waals surface area contributed by atoms with E-state index in [0.717, 1.165) is 10.1 Å². The lowest BCUT2D eigenvalue weighted by Crippen LogP contribution is -2.42. The summed E-state index contributed by atoms with van der Waals surface area (Å²) in [4.78, 5) is 37.9. The van der Waals surface area contributed by atoms with Crippen LogP contribution < -0.4 is 21.3 Å². The molecule has 1 amide bonds. The number of halogens is 1. The molecule has 0 fully saturated rings. The number of hydrogen-bond donors (Lipinski definition) is 1. The Balaban J connectivity index is 1.44. The fourth-order valence-electron chi connectivity index (χ4n) is 3.52. The third-order valence-corrected chi connectivity index (χ3v) is 5.21. The molecule has 0 aliphatic rings. The van der Waals surface area contributed by atoms with Gasteiger partial charge in [0, 0.05) is 13.1 Å². The number of hydrogen-bond acceptors (Lipinski definition) is 4. The van der Waals surface area contributed by atoms with Crippen molar-refractivity contribution in [1.29, 1.82) is 0 Å². The maximum absolute atomic E-state index is 13.0. The van der Waals surface area contributed by atoms with Gasteiger partial charge < -0.3 is 10.1 Å². The Morgan fingerprint density at radius 3 is 2.21 bits per heavy atom. The first kappa shape index (κ1) is 22.0. The number of rotatable bonds is 7. The molecular formula is C25H22FN3O4. The molecule has 0 aliphatic carbocycles. The molecule has 0 bridgehead atoms. The Hall–Kier alpha value is -4.20. The largest absolute Gasteiger partial charge is 0.457 e. The topological polar surface area (TPSA) is 82.3 Å². The molecule has 7 nitrogen and oxygen atoms in total. The SMILES string of the molecule is CCn1c(=O)c2ccccc2n(CC(=O)NCc2ccc(Oc3ccc(F)cc3)cc2)c1=O. The molecule has 0 unspecified atom stereocenters. The molecule has 4 rings (SSSR count). The summed E-state index contributed by atoms with van der Waals surface area (Å²) >= 11 is 0. The predicted molar refractivity (Wildman–Crippen MR) is 123 cm³/mol. The van der Waals surface area contributed by atoms with Crippen LogP contribution in [0, 0.1) is 5.82 Å². The number of benzene rings is 3. The van der Waals surface area contributed by atoms with E-state index in [9.17, 15) is 18.8 Å². The van der Waals surface area contributed by atoms with Gasteiger partial charge in [0.2, 0.25) is 5.91 Å². The molecule has 33 heavy (non-hydrogen) atoms. The van der Waals surface area contributed by atoms with Crippen LogP contribution in [0.2, 0.25) is 0 Å². The van der Waals surface area contributed by atoms with Gasteiger partial charge in [-0.1, -0.05) is 24.3 Å². The molecule has 1 heterocycles. The average Bonchev–Trinajstić information content (AvgIpc) is 2.83. The minimum atomic E-state index is -0.515. The van der Waals surface area contributed by atoms with E-state index >= 15 is 0 Å². The number of fused-ring (bicyclic) bond motifs is 1. The van der Waals surface area contributed by atoms with Crippen molar-refractivity contribution >= 4 is 16.8 Å². The van der Waals surface area contributed by atoms with Crippen molar-refractivity contribution in [1.82, 2.24) is 14.5 Å². The highest BCUT2D eigenvalue weighted by Gasteiger charge is 2.14. The van der Waals surface area contributed by atoms with E-state index < -0.39 is 5.69 Å². The summed E-state index contributed by atoms with van der Waals surface area (Å²) in [6.45, 7) is 1.99. The monoisotopic (exact) mass is 447 g/mol. The van der Waals surface area contributed by atoms with Crippen LogP contribution in [0.25, 0.3) is 10.9 Å². The molecule has 0 aliphatic heterocycles. The van der Waals surface area contributed by atoms with Crippen LogP contribution in [0.15, 0.2) is 82.4 Å². The van der Waals surface area contributed by atoms with Crippen molar-refractivity contribution in [2.75, 3.05) is 0 Å². The number of para-hydroxylation sites is 1. The number of aromatic nitrogens is 2. The van der Waals surface area contributed by atoms with Gasteiger partial charge in [-0.05, 0) is 61.0 Å². The van der Waals surface area contributed by atoms with Crippen molar-refractivity contribution in [3.63, 3.8) is 0 Å². The van der Waals surface area contributed by atoms with Gasteiger partial charge in [-0.2, -0.15) is 0 Å². The van der Waals surface area contributed by atoms with Crippen molar-refractivity contribution in [3.05, 3.63) is 105 Å². The van der Waals surface area contributed by atoms with Crippen LogP contribution in [0.1, 0.15) is 12.5 Å². The molecule has 3 aromatic carbocycles. The highest BCUT2D eigenvalue weighted by molar-refractivity contribution is 5.81. The molecular weight excluding hydrogens is 425 g/mol. The van der Waals surface area contributed by atoms with E-state index in [0.29, 0.717) is 22.4 Å². The molecule has 4 aromatic rings. The normalized spacial score (nSPS) is 10.8. The lowest BCUT2D eigenvalue weighted by molar-refractivity contribution is -0.121. The second-order valence-electron chi connectivity index (χ2n) is 7.41. The van der Waals surface area contributed by atoms with Crippen LogP contribution in [0.4, 0.5) is 4.39 Å². The van der Waals surface area contributed by atoms with Crippen molar-refractivity contribution in [3.8, 4) is 11.5 Å². The minimum Gasteiger partial charge on any atom is -0.457 e. The van der Waals surface area contributed by atoms with E-state index in [1.807, 2.05) is 0 Å². The van der Waals surface area contributed by atoms with Crippen LogP contribution in [0.3, 0.4) is 0 Å². The van der Waals surface area contributed by atoms with Crippen molar-refractivity contribution in [2.45, 2.75) is 26.6 Å². The summed E-state index contributed by atoms with van der Waals surface area (Å²) in [6, 6.07) is 19.6. The maximum atomic E-state index is 13.0. The molecule has 1 aromatic heterocycles. The fraction of sp³-hybridized carbons (Fsp3) is 0.160. The summed E-state index contributed by atoms with van der Waals surface area (Å²) in [5, 5.41) is 3.19. The van der Waals surface area contributed by atoms with Crippen LogP contribution in [0.5, 0.6) is 11.5 Å². The number of ether oxygens (including phenoxy) is 1. The van der Waals surface area contributed by atoms with Gasteiger partial charge in [0.25, 0.3) is 5.56 Å². The first-order valence-electron chi connectivity index (χ1n) is 10.5. The third-order valence-electron chi connectivity index (χ3n) is 5.21. The van der Waals surface area contributed by atoms with Gasteiger partial charge in [-0.3, -0.25) is 18.7 Å². The summed E-state index contributed by atoms with van der Waals surface area (Å²) < 4.78 is 21.1. The number of amides is 1. The second-order valence-corrected chi connectivity index (χ2v) is 7.41. The Morgan fingerprint density at radius 2 is 1.55 bits per heavy atom. The average molecular weight is 447 g/mol. The number of nitrogens with zero attached hydrogens (tertiary/aromatic N) is 2. The van der Waals surface area contributed by atoms with Crippen molar-refractivity contribution < 1.29 is 13.9 Å². The van der Waals surface area contributed by atoms with Gasteiger partial charge in [-0.25, -0.2) is 9.18 Å². The summed E-state index contributed by atoms with van der Waals surface area (Å²) in [5.41, 5.74) is 0.386. The van der Waals surface area contributed by atoms with E-state index in [1.165, 1.54) is 28.8 Å². The highest BCUT2D eigenvalue weighted by Crippen LogP contribution is 2.21. The first-order valence-corrected chi connectivity index (χ1v) is 10.5. The Kier molecular flexibility index (Phi) is 6.35. The van der Waals surface area contributed by atoms with Gasteiger partial charge in [0.15, 0.2) is 0 Å². The zero-order valence-electron chi connectivity index (χ0n) is 18.0. The van der Waals surface area contributed by atoms with Gasteiger partial charge in [0.1, 0.15) is 23.9 Å². The minimum absolute atomic E-state index is 0.203.